The number of benzene rings is 2. The van der Waals surface area contributed by atoms with E-state index in [9.17, 15) is 9.59 Å². The molecule has 3 aromatic rings. The summed E-state index contributed by atoms with van der Waals surface area (Å²) in [5.41, 5.74) is 1.88. The molecular formula is C21H21NO4. The highest BCUT2D eigenvalue weighted by atomic mass is 16.5. The second-order valence-electron chi connectivity index (χ2n) is 6.03. The highest BCUT2D eigenvalue weighted by molar-refractivity contribution is 6.08. The molecule has 5 nitrogen and oxygen atoms in total. The molecular weight excluding hydrogens is 330 g/mol. The number of aryl methyl sites for hydroxylation is 2. The number of esters is 1. The van der Waals surface area contributed by atoms with Crippen LogP contribution in [0.3, 0.4) is 0 Å². The number of Topliss-reactive ketones (excluding diaryl/α,β-unsaturated/α-hetero) is 1. The average Bonchev–Trinajstić information content (AvgIpc) is 2.94. The molecule has 0 atom stereocenters. The van der Waals surface area contributed by atoms with Crippen molar-refractivity contribution in [2.75, 3.05) is 13.2 Å². The van der Waals surface area contributed by atoms with Gasteiger partial charge in [-0.1, -0.05) is 36.4 Å². The largest absolute Gasteiger partial charge is 0.485 e. The molecule has 1 N–H and O–H groups in total. The lowest BCUT2D eigenvalue weighted by molar-refractivity contribution is 0.0522. The SMILES string of the molecule is CCOC(=O)c1c(C)[nH]c(C)c1C(=O)COc1cccc2ccccc12. The third-order valence-corrected chi connectivity index (χ3v) is 4.24. The number of fused-ring (bicyclic) bond motifs is 1. The molecule has 0 aliphatic rings. The molecule has 0 radical (unpaired) electrons. The maximum Gasteiger partial charge on any atom is 0.340 e. The minimum absolute atomic E-state index is 0.154. The van der Waals surface area contributed by atoms with Crippen molar-refractivity contribution in [3.05, 3.63) is 65.0 Å². The van der Waals surface area contributed by atoms with Gasteiger partial charge in [0.2, 0.25) is 5.78 Å². The van der Waals surface area contributed by atoms with Crippen molar-refractivity contribution < 1.29 is 19.1 Å². The van der Waals surface area contributed by atoms with Gasteiger partial charge in [0, 0.05) is 16.8 Å². The molecule has 0 amide bonds. The van der Waals surface area contributed by atoms with Gasteiger partial charge in [-0.15, -0.1) is 0 Å². The Morgan fingerprint density at radius 1 is 0.962 bits per heavy atom. The van der Waals surface area contributed by atoms with Crippen LogP contribution in [0.5, 0.6) is 5.75 Å². The standard InChI is InChI=1S/C21H21NO4/c1-4-25-21(24)20-14(3)22-13(2)19(20)17(23)12-26-18-11-7-9-15-8-5-6-10-16(15)18/h5-11,22H,4,12H2,1-3H3. The third-order valence-electron chi connectivity index (χ3n) is 4.24. The molecule has 26 heavy (non-hydrogen) atoms. The molecule has 0 aliphatic heterocycles. The van der Waals surface area contributed by atoms with Crippen molar-refractivity contribution in [2.24, 2.45) is 0 Å². The van der Waals surface area contributed by atoms with Crippen LogP contribution in [-0.4, -0.2) is 30.0 Å². The Kier molecular flexibility index (Phi) is 5.07. The third kappa shape index (κ3) is 3.33. The summed E-state index contributed by atoms with van der Waals surface area (Å²) in [6, 6.07) is 13.5. The molecule has 0 saturated carbocycles. The lowest BCUT2D eigenvalue weighted by atomic mass is 10.1. The second kappa shape index (κ2) is 7.44. The van der Waals surface area contributed by atoms with Gasteiger partial charge in [0.15, 0.2) is 6.61 Å². The van der Waals surface area contributed by atoms with Crippen molar-refractivity contribution in [3.8, 4) is 5.75 Å². The fourth-order valence-corrected chi connectivity index (χ4v) is 3.13. The molecule has 0 saturated heterocycles. The average molecular weight is 351 g/mol. The Morgan fingerprint density at radius 3 is 2.42 bits per heavy atom. The normalized spacial score (nSPS) is 10.7. The first-order chi connectivity index (χ1) is 12.5. The number of rotatable bonds is 6. The second-order valence-corrected chi connectivity index (χ2v) is 6.03. The van der Waals surface area contributed by atoms with Gasteiger partial charge in [0.25, 0.3) is 0 Å². The molecule has 5 heteroatoms. The first kappa shape index (κ1) is 17.7. The Morgan fingerprint density at radius 2 is 1.65 bits per heavy atom. The van der Waals surface area contributed by atoms with Crippen LogP contribution in [0.25, 0.3) is 10.8 Å². The highest BCUT2D eigenvalue weighted by Gasteiger charge is 2.25. The predicted octanol–water partition coefficient (Wildman–Crippen LogP) is 4.22. The van der Waals surface area contributed by atoms with Gasteiger partial charge in [-0.05, 0) is 32.2 Å². The molecule has 2 aromatic carbocycles. The highest BCUT2D eigenvalue weighted by Crippen LogP contribution is 2.26. The fourth-order valence-electron chi connectivity index (χ4n) is 3.13. The number of ether oxygens (including phenoxy) is 2. The van der Waals surface area contributed by atoms with E-state index in [1.165, 1.54) is 0 Å². The van der Waals surface area contributed by atoms with Gasteiger partial charge in [-0.25, -0.2) is 4.79 Å². The number of aromatic nitrogens is 1. The fraction of sp³-hybridized carbons (Fsp3) is 0.238. The molecule has 0 spiro atoms. The number of hydrogen-bond donors (Lipinski definition) is 1. The lowest BCUT2D eigenvalue weighted by Gasteiger charge is -2.10. The van der Waals surface area contributed by atoms with Crippen molar-refractivity contribution in [2.45, 2.75) is 20.8 Å². The lowest BCUT2D eigenvalue weighted by Crippen LogP contribution is -2.17. The van der Waals surface area contributed by atoms with E-state index in [4.69, 9.17) is 9.47 Å². The van der Waals surface area contributed by atoms with Crippen molar-refractivity contribution in [1.29, 1.82) is 0 Å². The molecule has 0 aliphatic carbocycles. The topological polar surface area (TPSA) is 68.4 Å². The minimum atomic E-state index is -0.497. The number of carbonyl (C=O) groups excluding carboxylic acids is 2. The van der Waals surface area contributed by atoms with Crippen LogP contribution in [0.2, 0.25) is 0 Å². The molecule has 0 bridgehead atoms. The van der Waals surface area contributed by atoms with Crippen LogP contribution < -0.4 is 4.74 Å². The molecule has 134 valence electrons. The molecule has 1 heterocycles. The summed E-state index contributed by atoms with van der Waals surface area (Å²) >= 11 is 0. The van der Waals surface area contributed by atoms with E-state index in [1.807, 2.05) is 42.5 Å². The molecule has 1 aromatic heterocycles. The van der Waals surface area contributed by atoms with E-state index in [1.54, 1.807) is 20.8 Å². The minimum Gasteiger partial charge on any atom is -0.485 e. The summed E-state index contributed by atoms with van der Waals surface area (Å²) in [5.74, 6) is -0.121. The quantitative estimate of drug-likeness (QED) is 0.533. The van der Waals surface area contributed by atoms with Gasteiger partial charge in [0.05, 0.1) is 17.7 Å². The van der Waals surface area contributed by atoms with Crippen LogP contribution in [-0.2, 0) is 4.74 Å². The van der Waals surface area contributed by atoms with Crippen LogP contribution in [0.15, 0.2) is 42.5 Å². The Hall–Kier alpha value is -3.08. The zero-order valence-corrected chi connectivity index (χ0v) is 15.1. The van der Waals surface area contributed by atoms with Gasteiger partial charge < -0.3 is 14.5 Å². The van der Waals surface area contributed by atoms with Crippen LogP contribution in [0.4, 0.5) is 0 Å². The maximum atomic E-state index is 12.8. The number of nitrogens with one attached hydrogen (secondary N) is 1. The first-order valence-electron chi connectivity index (χ1n) is 8.53. The summed E-state index contributed by atoms with van der Waals surface area (Å²) in [6.45, 7) is 5.35. The predicted molar refractivity (Wildman–Crippen MR) is 100.0 cm³/mol. The first-order valence-corrected chi connectivity index (χ1v) is 8.53. The van der Waals surface area contributed by atoms with Gasteiger partial charge in [-0.2, -0.15) is 0 Å². The Labute approximate surface area is 151 Å². The smallest absolute Gasteiger partial charge is 0.340 e. The van der Waals surface area contributed by atoms with Crippen LogP contribution >= 0.6 is 0 Å². The monoisotopic (exact) mass is 351 g/mol. The summed E-state index contributed by atoms with van der Waals surface area (Å²) in [4.78, 5) is 28.0. The van der Waals surface area contributed by atoms with Gasteiger partial charge in [0.1, 0.15) is 5.75 Å². The van der Waals surface area contributed by atoms with Crippen LogP contribution in [0.1, 0.15) is 39.0 Å². The van der Waals surface area contributed by atoms with Crippen molar-refractivity contribution in [3.63, 3.8) is 0 Å². The van der Waals surface area contributed by atoms with Crippen LogP contribution in [0, 0.1) is 13.8 Å². The van der Waals surface area contributed by atoms with Gasteiger partial charge in [-0.3, -0.25) is 4.79 Å². The van der Waals surface area contributed by atoms with E-state index in [0.717, 1.165) is 10.8 Å². The number of hydrogen-bond acceptors (Lipinski definition) is 4. The zero-order chi connectivity index (χ0) is 18.7. The summed E-state index contributed by atoms with van der Waals surface area (Å²) < 4.78 is 10.9. The van der Waals surface area contributed by atoms with Crippen molar-refractivity contribution >= 4 is 22.5 Å². The van der Waals surface area contributed by atoms with E-state index >= 15 is 0 Å². The summed E-state index contributed by atoms with van der Waals surface area (Å²) in [7, 11) is 0. The molecule has 3 rings (SSSR count). The van der Waals surface area contributed by atoms with Gasteiger partial charge >= 0.3 is 5.97 Å². The number of H-pyrrole nitrogens is 1. The molecule has 0 unspecified atom stereocenters. The number of aromatic amines is 1. The summed E-state index contributed by atoms with van der Waals surface area (Å²) in [6.07, 6.45) is 0. The van der Waals surface area contributed by atoms with E-state index in [0.29, 0.717) is 22.7 Å². The Bertz CT molecular complexity index is 966. The Balaban J connectivity index is 1.86. The number of carbonyl (C=O) groups is 2. The summed E-state index contributed by atoms with van der Waals surface area (Å²) in [5, 5.41) is 1.98. The van der Waals surface area contributed by atoms with E-state index < -0.39 is 5.97 Å². The molecule has 0 fully saturated rings. The van der Waals surface area contributed by atoms with Crippen molar-refractivity contribution in [1.82, 2.24) is 4.98 Å². The van der Waals surface area contributed by atoms with E-state index in [-0.39, 0.29) is 24.6 Å². The maximum absolute atomic E-state index is 12.8. The zero-order valence-electron chi connectivity index (χ0n) is 15.1. The van der Waals surface area contributed by atoms with E-state index in [2.05, 4.69) is 4.98 Å². The number of ketones is 1.